The van der Waals surface area contributed by atoms with Crippen LogP contribution in [0.15, 0.2) is 17.5 Å². The van der Waals surface area contributed by atoms with Gasteiger partial charge in [0.15, 0.2) is 0 Å². The summed E-state index contributed by atoms with van der Waals surface area (Å²) in [4.78, 5) is 1.50. The molecular formula is C14H23NOS. The van der Waals surface area contributed by atoms with Gasteiger partial charge in [-0.05, 0) is 57.5 Å². The van der Waals surface area contributed by atoms with Crippen molar-refractivity contribution >= 4 is 11.3 Å². The van der Waals surface area contributed by atoms with Crippen molar-refractivity contribution in [2.24, 2.45) is 0 Å². The Kier molecular flexibility index (Phi) is 5.01. The summed E-state index contributed by atoms with van der Waals surface area (Å²) < 4.78 is 5.74. The van der Waals surface area contributed by atoms with Crippen molar-refractivity contribution in [1.29, 1.82) is 0 Å². The van der Waals surface area contributed by atoms with Gasteiger partial charge in [0.25, 0.3) is 0 Å². The van der Waals surface area contributed by atoms with Crippen LogP contribution < -0.4 is 5.32 Å². The van der Waals surface area contributed by atoms with Crippen LogP contribution >= 0.6 is 11.3 Å². The molecule has 2 atom stereocenters. The molecule has 0 unspecified atom stereocenters. The summed E-state index contributed by atoms with van der Waals surface area (Å²) in [5.74, 6) is 0. The van der Waals surface area contributed by atoms with Gasteiger partial charge >= 0.3 is 0 Å². The summed E-state index contributed by atoms with van der Waals surface area (Å²) in [6.07, 6.45) is 5.58. The van der Waals surface area contributed by atoms with E-state index in [4.69, 9.17) is 4.74 Å². The van der Waals surface area contributed by atoms with Crippen molar-refractivity contribution in [2.75, 3.05) is 6.54 Å². The molecule has 2 heterocycles. The Labute approximate surface area is 108 Å². The minimum Gasteiger partial charge on any atom is -0.375 e. The van der Waals surface area contributed by atoms with E-state index in [2.05, 4.69) is 36.7 Å². The van der Waals surface area contributed by atoms with Gasteiger partial charge in [-0.2, -0.15) is 0 Å². The van der Waals surface area contributed by atoms with Gasteiger partial charge in [0.05, 0.1) is 12.2 Å². The molecule has 0 bridgehead atoms. The third-order valence-corrected chi connectivity index (χ3v) is 4.25. The number of thiophene rings is 1. The molecule has 1 saturated heterocycles. The Morgan fingerprint density at radius 3 is 2.76 bits per heavy atom. The Morgan fingerprint density at radius 1 is 1.35 bits per heavy atom. The standard InChI is InChI=1S/C14H23NOS/c1-11-9-13(10-12(2)16-11)15-7-3-5-14-6-4-8-17-14/h4,6,8,11-13,15H,3,5,7,9-10H2,1-2H3/t11-,12-/m0/s1. The van der Waals surface area contributed by atoms with E-state index < -0.39 is 0 Å². The lowest BCUT2D eigenvalue weighted by atomic mass is 10.00. The van der Waals surface area contributed by atoms with Crippen molar-refractivity contribution in [1.82, 2.24) is 5.32 Å². The molecule has 2 rings (SSSR count). The monoisotopic (exact) mass is 253 g/mol. The lowest BCUT2D eigenvalue weighted by Crippen LogP contribution is -2.41. The van der Waals surface area contributed by atoms with Crippen LogP contribution in [0.25, 0.3) is 0 Å². The van der Waals surface area contributed by atoms with Crippen LogP contribution in [0, 0.1) is 0 Å². The van der Waals surface area contributed by atoms with E-state index in [1.165, 1.54) is 17.7 Å². The molecule has 3 heteroatoms. The van der Waals surface area contributed by atoms with Gasteiger partial charge < -0.3 is 10.1 Å². The molecular weight excluding hydrogens is 230 g/mol. The lowest BCUT2D eigenvalue weighted by Gasteiger charge is -2.32. The number of ether oxygens (including phenoxy) is 1. The zero-order valence-corrected chi connectivity index (χ0v) is 11.6. The first kappa shape index (κ1) is 13.1. The Balaban J connectivity index is 1.61. The Hall–Kier alpha value is -0.380. The Bertz CT molecular complexity index is 302. The predicted octanol–water partition coefficient (Wildman–Crippen LogP) is 3.23. The third-order valence-electron chi connectivity index (χ3n) is 3.31. The molecule has 0 amide bonds. The highest BCUT2D eigenvalue weighted by Gasteiger charge is 2.23. The number of hydrogen-bond donors (Lipinski definition) is 1. The first-order valence-corrected chi connectivity index (χ1v) is 7.53. The molecule has 1 N–H and O–H groups in total. The third kappa shape index (κ3) is 4.41. The Morgan fingerprint density at radius 2 is 2.12 bits per heavy atom. The highest BCUT2D eigenvalue weighted by Crippen LogP contribution is 2.19. The van der Waals surface area contributed by atoms with Crippen molar-refractivity contribution in [2.45, 2.75) is 57.8 Å². The molecule has 1 aliphatic rings. The molecule has 0 aliphatic carbocycles. The summed E-state index contributed by atoms with van der Waals surface area (Å²) in [7, 11) is 0. The lowest BCUT2D eigenvalue weighted by molar-refractivity contribution is -0.0419. The zero-order chi connectivity index (χ0) is 12.1. The number of aryl methyl sites for hydroxylation is 1. The van der Waals surface area contributed by atoms with Crippen molar-refractivity contribution in [3.05, 3.63) is 22.4 Å². The molecule has 96 valence electrons. The van der Waals surface area contributed by atoms with E-state index in [9.17, 15) is 0 Å². The average molecular weight is 253 g/mol. The van der Waals surface area contributed by atoms with Crippen molar-refractivity contribution < 1.29 is 4.74 Å². The largest absolute Gasteiger partial charge is 0.375 e. The van der Waals surface area contributed by atoms with Crippen molar-refractivity contribution in [3.63, 3.8) is 0 Å². The molecule has 1 aromatic heterocycles. The fourth-order valence-electron chi connectivity index (χ4n) is 2.60. The fourth-order valence-corrected chi connectivity index (χ4v) is 3.35. The van der Waals surface area contributed by atoms with Crippen LogP contribution in [0.3, 0.4) is 0 Å². The SMILES string of the molecule is C[C@H]1CC(NCCCc2cccs2)C[C@H](C)O1. The maximum absolute atomic E-state index is 5.74. The fraction of sp³-hybridized carbons (Fsp3) is 0.714. The molecule has 0 radical (unpaired) electrons. The van der Waals surface area contributed by atoms with Crippen LogP contribution in [0.2, 0.25) is 0 Å². The van der Waals surface area contributed by atoms with E-state index >= 15 is 0 Å². The van der Waals surface area contributed by atoms with E-state index in [0.717, 1.165) is 19.4 Å². The van der Waals surface area contributed by atoms with Gasteiger partial charge in [0.2, 0.25) is 0 Å². The zero-order valence-electron chi connectivity index (χ0n) is 10.8. The van der Waals surface area contributed by atoms with Gasteiger partial charge in [0.1, 0.15) is 0 Å². The summed E-state index contributed by atoms with van der Waals surface area (Å²) in [5.41, 5.74) is 0. The second-order valence-corrected chi connectivity index (χ2v) is 6.09. The number of nitrogens with one attached hydrogen (secondary N) is 1. The quantitative estimate of drug-likeness (QED) is 0.814. The van der Waals surface area contributed by atoms with Gasteiger partial charge in [-0.1, -0.05) is 6.07 Å². The minimum atomic E-state index is 0.411. The molecule has 1 aromatic rings. The average Bonchev–Trinajstić information content (AvgIpc) is 2.76. The minimum absolute atomic E-state index is 0.411. The van der Waals surface area contributed by atoms with E-state index in [0.29, 0.717) is 18.2 Å². The second-order valence-electron chi connectivity index (χ2n) is 5.06. The molecule has 0 aromatic carbocycles. The first-order valence-electron chi connectivity index (χ1n) is 6.65. The van der Waals surface area contributed by atoms with Crippen LogP contribution in [0.4, 0.5) is 0 Å². The van der Waals surface area contributed by atoms with Crippen LogP contribution in [0.1, 0.15) is 38.0 Å². The molecule has 0 saturated carbocycles. The van der Waals surface area contributed by atoms with Gasteiger partial charge in [-0.25, -0.2) is 0 Å². The molecule has 0 spiro atoms. The summed E-state index contributed by atoms with van der Waals surface area (Å²) in [6, 6.07) is 5.01. The van der Waals surface area contributed by atoms with Gasteiger partial charge in [-0.3, -0.25) is 0 Å². The smallest absolute Gasteiger partial charge is 0.0565 e. The van der Waals surface area contributed by atoms with E-state index in [-0.39, 0.29) is 0 Å². The summed E-state index contributed by atoms with van der Waals surface area (Å²) in [6.45, 7) is 5.48. The molecule has 1 fully saturated rings. The first-order chi connectivity index (χ1) is 8.24. The molecule has 1 aliphatic heterocycles. The van der Waals surface area contributed by atoms with Gasteiger partial charge in [0, 0.05) is 10.9 Å². The second kappa shape index (κ2) is 6.53. The van der Waals surface area contributed by atoms with Crippen molar-refractivity contribution in [3.8, 4) is 0 Å². The predicted molar refractivity (Wildman–Crippen MR) is 73.7 cm³/mol. The topological polar surface area (TPSA) is 21.3 Å². The molecule has 2 nitrogen and oxygen atoms in total. The maximum Gasteiger partial charge on any atom is 0.0565 e. The van der Waals surface area contributed by atoms with Crippen LogP contribution in [0.5, 0.6) is 0 Å². The van der Waals surface area contributed by atoms with E-state index in [1.807, 2.05) is 11.3 Å². The van der Waals surface area contributed by atoms with Gasteiger partial charge in [-0.15, -0.1) is 11.3 Å². The number of rotatable bonds is 5. The summed E-state index contributed by atoms with van der Waals surface area (Å²) in [5, 5.41) is 5.83. The number of hydrogen-bond acceptors (Lipinski definition) is 3. The normalized spacial score (nSPS) is 29.4. The van der Waals surface area contributed by atoms with Crippen LogP contribution in [-0.2, 0) is 11.2 Å². The highest BCUT2D eigenvalue weighted by atomic mass is 32.1. The molecule has 17 heavy (non-hydrogen) atoms. The summed E-state index contributed by atoms with van der Waals surface area (Å²) >= 11 is 1.86. The van der Waals surface area contributed by atoms with E-state index in [1.54, 1.807) is 0 Å². The maximum atomic E-state index is 5.74. The van der Waals surface area contributed by atoms with Crippen LogP contribution in [-0.4, -0.2) is 24.8 Å². The highest BCUT2D eigenvalue weighted by molar-refractivity contribution is 7.09.